The van der Waals surface area contributed by atoms with Gasteiger partial charge in [-0.3, -0.25) is 4.55 Å². The van der Waals surface area contributed by atoms with Crippen LogP contribution in [0.5, 0.6) is 0 Å². The van der Waals surface area contributed by atoms with Gasteiger partial charge in [0, 0.05) is 60.3 Å². The second-order valence-electron chi connectivity index (χ2n) is 13.4. The summed E-state index contributed by atoms with van der Waals surface area (Å²) in [4.78, 5) is 2.26. The number of ether oxygens (including phenoxy) is 2. The minimum Gasteiger partial charge on any atom is -0.383 e. The minimum atomic E-state index is -4.33. The van der Waals surface area contributed by atoms with E-state index < -0.39 is 15.5 Å². The number of aryl methyl sites for hydroxylation is 1. The Hall–Kier alpha value is -3.01. The third-order valence-corrected chi connectivity index (χ3v) is 10.9. The van der Waals surface area contributed by atoms with Crippen LogP contribution in [-0.4, -0.2) is 63.8 Å². The predicted octanol–water partition coefficient (Wildman–Crippen LogP) is 7.75. The zero-order valence-corrected chi connectivity index (χ0v) is 29.6. The Bertz CT molecular complexity index is 1800. The summed E-state index contributed by atoms with van der Waals surface area (Å²) >= 11 is 7.13. The fraction of sp³-hybridized carbons (Fsp3) is 0.432. The van der Waals surface area contributed by atoms with Crippen LogP contribution in [0.3, 0.4) is 0 Å². The highest BCUT2D eigenvalue weighted by molar-refractivity contribution is 7.85. The van der Waals surface area contributed by atoms with Crippen LogP contribution in [0.25, 0.3) is 0 Å². The molecule has 246 valence electrons. The molecule has 7 nitrogen and oxygen atoms in total. The number of nitrogens with zero attached hydrogens (tertiary/aromatic N) is 2. The largest absolute Gasteiger partial charge is 0.383 e. The number of hydrogen-bond acceptors (Lipinski definition) is 5. The maximum atomic E-state index is 11.9. The summed E-state index contributed by atoms with van der Waals surface area (Å²) in [5, 5.41) is 0.776. The zero-order chi connectivity index (χ0) is 33.4. The molecule has 0 aromatic heterocycles. The van der Waals surface area contributed by atoms with Crippen molar-refractivity contribution in [1.82, 2.24) is 0 Å². The number of anilines is 1. The molecule has 0 spiro atoms. The second-order valence-corrected chi connectivity index (χ2v) is 15.2. The van der Waals surface area contributed by atoms with Crippen LogP contribution in [0.2, 0.25) is 0 Å². The van der Waals surface area contributed by atoms with Gasteiger partial charge in [-0.15, -0.1) is 0 Å². The summed E-state index contributed by atoms with van der Waals surface area (Å²) in [6.45, 7) is 13.3. The Morgan fingerprint density at radius 1 is 0.957 bits per heavy atom. The average Bonchev–Trinajstić information content (AvgIpc) is 3.34. The van der Waals surface area contributed by atoms with Gasteiger partial charge < -0.3 is 14.4 Å². The molecular weight excluding hydrogens is 620 g/mol. The van der Waals surface area contributed by atoms with Gasteiger partial charge in [0.25, 0.3) is 10.1 Å². The molecule has 1 N–H and O–H groups in total. The Morgan fingerprint density at radius 2 is 1.70 bits per heavy atom. The summed E-state index contributed by atoms with van der Waals surface area (Å²) in [7, 11) is -0.927. The van der Waals surface area contributed by atoms with E-state index in [4.69, 9.17) is 21.1 Å². The summed E-state index contributed by atoms with van der Waals surface area (Å²) < 4.78 is 46.7. The van der Waals surface area contributed by atoms with Crippen molar-refractivity contribution < 1.29 is 27.0 Å². The van der Waals surface area contributed by atoms with Gasteiger partial charge in [-0.25, -0.2) is 0 Å². The summed E-state index contributed by atoms with van der Waals surface area (Å²) in [5.74, 6) is 0. The van der Waals surface area contributed by atoms with Gasteiger partial charge in [-0.1, -0.05) is 55.3 Å². The van der Waals surface area contributed by atoms with E-state index in [9.17, 15) is 13.0 Å². The SMILES string of the molecule is COCCN1C(=CC=C2CCCC(C=CC3=[N+](CCOC)c4ccc(S(=O)(=O)O)cc4C3(C)C)=C2Cl)C(C)(C)c2cc(C)ccc21. The number of allylic oxidation sites excluding steroid dienone is 8. The number of benzene rings is 2. The van der Waals surface area contributed by atoms with Crippen LogP contribution in [0.1, 0.15) is 63.6 Å². The molecule has 2 aromatic carbocycles. The van der Waals surface area contributed by atoms with Crippen molar-refractivity contribution in [2.75, 3.05) is 45.4 Å². The quantitative estimate of drug-likeness (QED) is 0.207. The number of hydrogen-bond donors (Lipinski definition) is 1. The third-order valence-electron chi connectivity index (χ3n) is 9.59. The van der Waals surface area contributed by atoms with Gasteiger partial charge in [-0.2, -0.15) is 13.0 Å². The lowest BCUT2D eigenvalue weighted by Gasteiger charge is -2.27. The maximum Gasteiger partial charge on any atom is 0.294 e. The van der Waals surface area contributed by atoms with Crippen LogP contribution in [-0.2, 0) is 30.4 Å². The van der Waals surface area contributed by atoms with Crippen LogP contribution < -0.4 is 4.90 Å². The molecule has 0 radical (unpaired) electrons. The highest BCUT2D eigenvalue weighted by atomic mass is 35.5. The van der Waals surface area contributed by atoms with Gasteiger partial charge in [0.2, 0.25) is 5.69 Å². The molecule has 0 unspecified atom stereocenters. The van der Waals surface area contributed by atoms with Gasteiger partial charge in [0.05, 0.1) is 16.9 Å². The van der Waals surface area contributed by atoms with E-state index in [0.29, 0.717) is 19.8 Å². The predicted molar refractivity (Wildman–Crippen MR) is 186 cm³/mol. The lowest BCUT2D eigenvalue weighted by Crippen LogP contribution is -2.29. The Balaban J connectivity index is 1.51. The third kappa shape index (κ3) is 6.43. The van der Waals surface area contributed by atoms with Gasteiger partial charge >= 0.3 is 0 Å². The average molecular weight is 666 g/mol. The monoisotopic (exact) mass is 665 g/mol. The van der Waals surface area contributed by atoms with Crippen molar-refractivity contribution in [2.24, 2.45) is 0 Å². The highest BCUT2D eigenvalue weighted by Crippen LogP contribution is 2.48. The van der Waals surface area contributed by atoms with Gasteiger partial charge in [0.15, 0.2) is 12.3 Å². The smallest absolute Gasteiger partial charge is 0.294 e. The molecule has 0 amide bonds. The normalized spacial score (nSPS) is 20.8. The number of rotatable bonds is 10. The van der Waals surface area contributed by atoms with E-state index >= 15 is 0 Å². The first-order chi connectivity index (χ1) is 21.7. The van der Waals surface area contributed by atoms with E-state index in [-0.39, 0.29) is 10.3 Å². The van der Waals surface area contributed by atoms with E-state index in [2.05, 4.69) is 86.6 Å². The summed E-state index contributed by atoms with van der Waals surface area (Å²) in [5.41, 5.74) is 9.27. The van der Waals surface area contributed by atoms with Crippen molar-refractivity contribution in [3.8, 4) is 0 Å². The Kier molecular flexibility index (Phi) is 9.88. The van der Waals surface area contributed by atoms with E-state index in [1.165, 1.54) is 28.6 Å². The lowest BCUT2D eigenvalue weighted by molar-refractivity contribution is -0.441. The van der Waals surface area contributed by atoms with Crippen LogP contribution in [0.15, 0.2) is 87.5 Å². The first kappa shape index (κ1) is 34.3. The van der Waals surface area contributed by atoms with Crippen molar-refractivity contribution in [2.45, 2.75) is 69.6 Å². The standard InChI is InChI=1S/C37H45ClN2O5S/c1-25-11-15-31-29(23-25)36(2,3)33(39(31)19-21-44-6)17-12-26-9-8-10-27(35(26)38)13-18-34-37(4,5)30-24-28(46(41,42)43)14-16-32(30)40(34)20-22-45-7/h11-18,23-24H,8-10,19-22H2,1-7H3/p+1. The van der Waals surface area contributed by atoms with E-state index in [1.807, 2.05) is 0 Å². The minimum absolute atomic E-state index is 0.109. The Morgan fingerprint density at radius 3 is 2.39 bits per heavy atom. The lowest BCUT2D eigenvalue weighted by atomic mass is 9.81. The fourth-order valence-corrected chi connectivity index (χ4v) is 7.84. The van der Waals surface area contributed by atoms with Gasteiger partial charge in [-0.05, 0) is 81.0 Å². The molecular formula is C37H46ClN2O5S+. The molecule has 5 rings (SSSR count). The van der Waals surface area contributed by atoms with Crippen molar-refractivity contribution in [3.05, 3.63) is 99.3 Å². The number of fused-ring (bicyclic) bond motifs is 2. The van der Waals surface area contributed by atoms with Crippen molar-refractivity contribution >= 4 is 38.8 Å². The summed E-state index contributed by atoms with van der Waals surface area (Å²) in [6, 6.07) is 11.5. The highest BCUT2D eigenvalue weighted by Gasteiger charge is 2.45. The molecule has 2 aromatic rings. The first-order valence-electron chi connectivity index (χ1n) is 15.8. The van der Waals surface area contributed by atoms with Crippen LogP contribution in [0, 0.1) is 6.92 Å². The van der Waals surface area contributed by atoms with E-state index in [0.717, 1.165) is 58.9 Å². The van der Waals surface area contributed by atoms with Gasteiger partial charge in [0.1, 0.15) is 6.61 Å². The Labute approximate surface area is 279 Å². The molecule has 1 aliphatic carbocycles. The number of methoxy groups -OCH3 is 2. The first-order valence-corrected chi connectivity index (χ1v) is 17.7. The van der Waals surface area contributed by atoms with Crippen molar-refractivity contribution in [1.29, 1.82) is 0 Å². The molecule has 0 bridgehead atoms. The van der Waals surface area contributed by atoms with Crippen LogP contribution in [0.4, 0.5) is 11.4 Å². The molecule has 46 heavy (non-hydrogen) atoms. The summed E-state index contributed by atoms with van der Waals surface area (Å²) in [6.07, 6.45) is 11.4. The fourth-order valence-electron chi connectivity index (χ4n) is 7.02. The molecule has 0 fully saturated rings. The molecule has 2 aliphatic heterocycles. The molecule has 2 heterocycles. The molecule has 0 saturated heterocycles. The maximum absolute atomic E-state index is 11.9. The topological polar surface area (TPSA) is 79.1 Å². The number of halogens is 1. The van der Waals surface area contributed by atoms with Crippen LogP contribution >= 0.6 is 11.6 Å². The molecule has 3 aliphatic rings. The van der Waals surface area contributed by atoms with E-state index in [1.54, 1.807) is 26.4 Å². The molecule has 0 atom stereocenters. The second kappa shape index (κ2) is 13.2. The zero-order valence-electron chi connectivity index (χ0n) is 28.0. The molecule has 9 heteroatoms. The van der Waals surface area contributed by atoms with Crippen molar-refractivity contribution in [3.63, 3.8) is 0 Å². The molecule has 0 saturated carbocycles.